The van der Waals surface area contributed by atoms with E-state index in [0.29, 0.717) is 22.7 Å². The van der Waals surface area contributed by atoms with Crippen LogP contribution in [0, 0.1) is 0 Å². The van der Waals surface area contributed by atoms with E-state index in [1.807, 2.05) is 66.7 Å². The Hall–Kier alpha value is -4.32. The van der Waals surface area contributed by atoms with Crippen LogP contribution >= 0.6 is 0 Å². The predicted molar refractivity (Wildman–Crippen MR) is 121 cm³/mol. The van der Waals surface area contributed by atoms with E-state index in [2.05, 4.69) is 20.5 Å². The fourth-order valence-corrected chi connectivity index (χ4v) is 3.09. The van der Waals surface area contributed by atoms with Crippen molar-refractivity contribution in [1.82, 2.24) is 15.4 Å². The second-order valence-corrected chi connectivity index (χ2v) is 6.85. The fourth-order valence-electron chi connectivity index (χ4n) is 3.09. The van der Waals surface area contributed by atoms with Gasteiger partial charge in [-0.2, -0.15) is 5.10 Å². The van der Waals surface area contributed by atoms with Crippen LogP contribution in [0.4, 0.5) is 0 Å². The summed E-state index contributed by atoms with van der Waals surface area (Å²) < 4.78 is 0. The molecule has 0 saturated heterocycles. The first-order valence-corrected chi connectivity index (χ1v) is 9.75. The van der Waals surface area contributed by atoms with Crippen LogP contribution in [-0.2, 0) is 0 Å². The highest BCUT2D eigenvalue weighted by molar-refractivity contribution is 6.02. The molecule has 2 N–H and O–H groups in total. The normalized spacial score (nSPS) is 11.2. The minimum Gasteiger partial charge on any atom is -0.507 e. The van der Waals surface area contributed by atoms with Gasteiger partial charge in [-0.3, -0.25) is 4.79 Å². The molecule has 0 aliphatic rings. The van der Waals surface area contributed by atoms with Gasteiger partial charge < -0.3 is 5.11 Å². The number of nitrogens with zero attached hydrogens (tertiary/aromatic N) is 3. The highest BCUT2D eigenvalue weighted by Crippen LogP contribution is 2.23. The summed E-state index contributed by atoms with van der Waals surface area (Å²) in [5.74, 6) is -0.439. The van der Waals surface area contributed by atoms with E-state index in [1.165, 1.54) is 0 Å². The van der Waals surface area contributed by atoms with Crippen molar-refractivity contribution in [2.24, 2.45) is 5.10 Å². The molecule has 1 aromatic heterocycles. The van der Waals surface area contributed by atoms with Crippen LogP contribution < -0.4 is 5.43 Å². The zero-order chi connectivity index (χ0) is 21.6. The zero-order valence-corrected chi connectivity index (χ0v) is 16.9. The number of hydrazone groups is 1. The lowest BCUT2D eigenvalue weighted by Crippen LogP contribution is -2.22. The van der Waals surface area contributed by atoms with Gasteiger partial charge in [0.2, 0.25) is 5.82 Å². The van der Waals surface area contributed by atoms with Gasteiger partial charge in [-0.25, -0.2) is 15.4 Å². The van der Waals surface area contributed by atoms with Crippen LogP contribution in [0.3, 0.4) is 0 Å². The SMILES string of the molecule is C/C(=N\NC(=O)c1nc(-c2ccccc2)cc(-c2ccccc2)n1)c1ccccc1O. The first kappa shape index (κ1) is 20.0. The van der Waals surface area contributed by atoms with Gasteiger partial charge in [0.1, 0.15) is 5.75 Å². The van der Waals surface area contributed by atoms with Gasteiger partial charge in [-0.1, -0.05) is 72.8 Å². The van der Waals surface area contributed by atoms with Crippen molar-refractivity contribution >= 4 is 11.6 Å². The monoisotopic (exact) mass is 408 g/mol. The molecule has 0 atom stereocenters. The van der Waals surface area contributed by atoms with Crippen molar-refractivity contribution in [2.75, 3.05) is 0 Å². The second kappa shape index (κ2) is 9.00. The summed E-state index contributed by atoms with van der Waals surface area (Å²) in [5, 5.41) is 14.1. The minimum atomic E-state index is -0.537. The van der Waals surface area contributed by atoms with Crippen molar-refractivity contribution in [3.8, 4) is 28.3 Å². The quantitative estimate of drug-likeness (QED) is 0.371. The van der Waals surface area contributed by atoms with Gasteiger partial charge in [-0.05, 0) is 25.1 Å². The van der Waals surface area contributed by atoms with Gasteiger partial charge in [0, 0.05) is 16.7 Å². The second-order valence-electron chi connectivity index (χ2n) is 6.85. The number of nitrogens with one attached hydrogen (secondary N) is 1. The Morgan fingerprint density at radius 1 is 0.806 bits per heavy atom. The Bertz CT molecular complexity index is 1180. The van der Waals surface area contributed by atoms with Crippen LogP contribution in [0.15, 0.2) is 96.1 Å². The molecular formula is C25H20N4O2. The summed E-state index contributed by atoms with van der Waals surface area (Å²) in [6.07, 6.45) is 0. The van der Waals surface area contributed by atoms with Crippen LogP contribution in [-0.4, -0.2) is 26.7 Å². The number of carbonyl (C=O) groups is 1. The van der Waals surface area contributed by atoms with Crippen molar-refractivity contribution in [2.45, 2.75) is 6.92 Å². The van der Waals surface area contributed by atoms with E-state index in [1.54, 1.807) is 31.2 Å². The van der Waals surface area contributed by atoms with Crippen molar-refractivity contribution in [3.63, 3.8) is 0 Å². The number of phenolic OH excluding ortho intramolecular Hbond substituents is 1. The summed E-state index contributed by atoms with van der Waals surface area (Å²) in [7, 11) is 0. The molecule has 0 saturated carbocycles. The molecule has 0 aliphatic carbocycles. The van der Waals surface area contributed by atoms with E-state index < -0.39 is 5.91 Å². The minimum absolute atomic E-state index is 0.00837. The Labute approximate surface area is 180 Å². The summed E-state index contributed by atoms with van der Waals surface area (Å²) >= 11 is 0. The standard InChI is InChI=1S/C25H20N4O2/c1-17(20-14-8-9-15-23(20)30)28-29-25(31)24-26-21(18-10-4-2-5-11-18)16-22(27-24)19-12-6-3-7-13-19/h2-16,30H,1H3,(H,29,31)/b28-17+. The van der Waals surface area contributed by atoms with Crippen molar-refractivity contribution in [3.05, 3.63) is 102 Å². The Kier molecular flexibility index (Phi) is 5.80. The van der Waals surface area contributed by atoms with Crippen molar-refractivity contribution < 1.29 is 9.90 Å². The molecule has 0 radical (unpaired) electrons. The van der Waals surface area contributed by atoms with Gasteiger partial charge in [0.25, 0.3) is 0 Å². The third-order valence-corrected chi connectivity index (χ3v) is 4.69. The Balaban J connectivity index is 1.69. The molecule has 4 aromatic rings. The molecule has 152 valence electrons. The lowest BCUT2D eigenvalue weighted by atomic mass is 10.1. The van der Waals surface area contributed by atoms with Gasteiger partial charge in [0.15, 0.2) is 0 Å². The number of para-hydroxylation sites is 1. The summed E-state index contributed by atoms with van der Waals surface area (Å²) in [6.45, 7) is 1.70. The Morgan fingerprint density at radius 2 is 1.32 bits per heavy atom. The van der Waals surface area contributed by atoms with Gasteiger partial charge >= 0.3 is 5.91 Å². The maximum atomic E-state index is 12.8. The summed E-state index contributed by atoms with van der Waals surface area (Å²) in [5.41, 5.74) is 6.53. The van der Waals surface area contributed by atoms with Gasteiger partial charge in [-0.15, -0.1) is 0 Å². The molecule has 0 fully saturated rings. The third kappa shape index (κ3) is 4.64. The molecule has 0 unspecified atom stereocenters. The number of benzene rings is 3. The maximum absolute atomic E-state index is 12.8. The molecule has 31 heavy (non-hydrogen) atoms. The molecule has 1 amide bonds. The number of amides is 1. The topological polar surface area (TPSA) is 87.5 Å². The molecule has 3 aromatic carbocycles. The number of hydrogen-bond acceptors (Lipinski definition) is 5. The lowest BCUT2D eigenvalue weighted by molar-refractivity contribution is 0.0944. The van der Waals surface area contributed by atoms with Crippen LogP contribution in [0.25, 0.3) is 22.5 Å². The molecule has 0 bridgehead atoms. The molecule has 4 rings (SSSR count). The molecule has 0 aliphatic heterocycles. The van der Waals surface area contributed by atoms with Crippen LogP contribution in [0.2, 0.25) is 0 Å². The van der Waals surface area contributed by atoms with Crippen LogP contribution in [0.5, 0.6) is 5.75 Å². The number of aromatic nitrogens is 2. The molecule has 6 nitrogen and oxygen atoms in total. The average Bonchev–Trinajstić information content (AvgIpc) is 2.83. The first-order chi connectivity index (χ1) is 15.1. The summed E-state index contributed by atoms with van der Waals surface area (Å²) in [4.78, 5) is 21.7. The van der Waals surface area contributed by atoms with E-state index in [-0.39, 0.29) is 11.6 Å². The summed E-state index contributed by atoms with van der Waals surface area (Å²) in [6, 6.07) is 27.9. The predicted octanol–water partition coefficient (Wildman–Crippen LogP) is 4.67. The highest BCUT2D eigenvalue weighted by Gasteiger charge is 2.15. The van der Waals surface area contributed by atoms with E-state index in [9.17, 15) is 9.90 Å². The molecule has 0 spiro atoms. The first-order valence-electron chi connectivity index (χ1n) is 9.75. The number of phenols is 1. The fraction of sp³-hybridized carbons (Fsp3) is 0.0400. The number of aromatic hydroxyl groups is 1. The van der Waals surface area contributed by atoms with Gasteiger partial charge in [0.05, 0.1) is 17.1 Å². The number of rotatable bonds is 5. The van der Waals surface area contributed by atoms with Crippen molar-refractivity contribution in [1.29, 1.82) is 0 Å². The Morgan fingerprint density at radius 3 is 1.87 bits per heavy atom. The van der Waals surface area contributed by atoms with E-state index in [0.717, 1.165) is 11.1 Å². The molecule has 1 heterocycles. The van der Waals surface area contributed by atoms with E-state index in [4.69, 9.17) is 0 Å². The lowest BCUT2D eigenvalue weighted by Gasteiger charge is -2.09. The number of hydrogen-bond donors (Lipinski definition) is 2. The van der Waals surface area contributed by atoms with E-state index >= 15 is 0 Å². The maximum Gasteiger partial charge on any atom is 0.309 e. The average molecular weight is 408 g/mol. The zero-order valence-electron chi connectivity index (χ0n) is 16.9. The smallest absolute Gasteiger partial charge is 0.309 e. The number of carbonyl (C=O) groups excluding carboxylic acids is 1. The largest absolute Gasteiger partial charge is 0.507 e. The highest BCUT2D eigenvalue weighted by atomic mass is 16.3. The molecular weight excluding hydrogens is 388 g/mol. The van der Waals surface area contributed by atoms with Crippen LogP contribution in [0.1, 0.15) is 23.1 Å². The third-order valence-electron chi connectivity index (χ3n) is 4.69. The molecule has 6 heteroatoms.